The van der Waals surface area contributed by atoms with Gasteiger partial charge in [0.1, 0.15) is 5.69 Å². The van der Waals surface area contributed by atoms with E-state index in [1.807, 2.05) is 30.3 Å². The normalized spacial score (nSPS) is 15.3. The number of anilines is 1. The van der Waals surface area contributed by atoms with Gasteiger partial charge in [-0.1, -0.05) is 36.8 Å². The van der Waals surface area contributed by atoms with Crippen LogP contribution in [-0.2, 0) is 11.2 Å². The molecule has 1 heterocycles. The first kappa shape index (κ1) is 20.5. The Kier molecular flexibility index (Phi) is 6.14. The second-order valence-corrected chi connectivity index (χ2v) is 8.96. The lowest BCUT2D eigenvalue weighted by atomic mass is 9.92. The summed E-state index contributed by atoms with van der Waals surface area (Å²) in [4.78, 5) is 16.8. The molecule has 3 aromatic rings. The Morgan fingerprint density at radius 1 is 1.03 bits per heavy atom. The van der Waals surface area contributed by atoms with Gasteiger partial charge in [-0.05, 0) is 61.9 Å². The number of rotatable bonds is 6. The van der Waals surface area contributed by atoms with Gasteiger partial charge in [0.05, 0.1) is 37.5 Å². The molecular formula is C26H32N3O+. The van der Waals surface area contributed by atoms with E-state index in [2.05, 4.69) is 48.7 Å². The van der Waals surface area contributed by atoms with E-state index in [1.165, 1.54) is 43.4 Å². The highest BCUT2D eigenvalue weighted by Gasteiger charge is 2.31. The number of benzene rings is 2. The number of quaternary nitrogens is 1. The zero-order valence-corrected chi connectivity index (χ0v) is 18.1. The van der Waals surface area contributed by atoms with E-state index < -0.39 is 0 Å². The van der Waals surface area contributed by atoms with Crippen molar-refractivity contribution in [3.8, 4) is 0 Å². The Hall–Kier alpha value is -2.72. The van der Waals surface area contributed by atoms with Gasteiger partial charge < -0.3 is 5.32 Å². The van der Waals surface area contributed by atoms with Crippen molar-refractivity contribution in [2.45, 2.75) is 51.0 Å². The van der Waals surface area contributed by atoms with E-state index in [0.717, 1.165) is 27.5 Å². The third kappa shape index (κ3) is 4.71. The van der Waals surface area contributed by atoms with Crippen molar-refractivity contribution in [3.05, 3.63) is 66.4 Å². The topological polar surface area (TPSA) is 42.0 Å². The molecule has 4 heteroatoms. The molecule has 0 atom stereocenters. The molecule has 0 saturated heterocycles. The van der Waals surface area contributed by atoms with Gasteiger partial charge in [-0.2, -0.15) is 0 Å². The summed E-state index contributed by atoms with van der Waals surface area (Å²) in [7, 11) is 4.66. The molecule has 1 saturated carbocycles. The Balaban J connectivity index is 1.33. The molecule has 1 aromatic heterocycles. The molecule has 4 nitrogen and oxygen atoms in total. The number of para-hydroxylation sites is 1. The van der Waals surface area contributed by atoms with E-state index >= 15 is 0 Å². The highest BCUT2D eigenvalue weighted by molar-refractivity contribution is 5.93. The van der Waals surface area contributed by atoms with E-state index in [1.54, 1.807) is 6.20 Å². The molecule has 0 unspecified atom stereocenters. The summed E-state index contributed by atoms with van der Waals surface area (Å²) >= 11 is 0. The van der Waals surface area contributed by atoms with Crippen molar-refractivity contribution < 1.29 is 4.79 Å². The number of amides is 1. The first-order valence-electron chi connectivity index (χ1n) is 11.1. The number of aromatic nitrogens is 1. The van der Waals surface area contributed by atoms with Crippen LogP contribution in [-0.4, -0.2) is 31.0 Å². The number of nitrogens with one attached hydrogen (secondary N) is 1. The van der Waals surface area contributed by atoms with E-state index in [4.69, 9.17) is 0 Å². The number of pyridine rings is 1. The SMILES string of the molecule is C[N+](C)(c1ccc(CCC(=O)Nc2cnc3ccccc3c2)cc1)C1CCCCC1. The minimum atomic E-state index is 0.0227. The number of nitrogens with zero attached hydrogens (tertiary/aromatic N) is 2. The maximum absolute atomic E-state index is 12.4. The molecule has 1 aliphatic rings. The summed E-state index contributed by atoms with van der Waals surface area (Å²) in [5, 5.41) is 4.01. The standard InChI is InChI=1S/C26H31N3O/c1-29(2,23-9-4-3-5-10-23)24-15-12-20(13-16-24)14-17-26(30)28-22-18-21-8-6-7-11-25(21)27-19-22/h6-8,11-13,15-16,18-19,23H,3-5,9-10,14,17H2,1-2H3/p+1. The summed E-state index contributed by atoms with van der Waals surface area (Å²) in [6, 6.07) is 19.5. The average molecular weight is 403 g/mol. The monoisotopic (exact) mass is 402 g/mol. The largest absolute Gasteiger partial charge is 0.325 e. The van der Waals surface area contributed by atoms with Crippen LogP contribution in [0, 0.1) is 0 Å². The van der Waals surface area contributed by atoms with Crippen molar-refractivity contribution in [2.24, 2.45) is 0 Å². The maximum atomic E-state index is 12.4. The average Bonchev–Trinajstić information content (AvgIpc) is 2.78. The molecule has 4 rings (SSSR count). The van der Waals surface area contributed by atoms with Crippen LogP contribution in [0.25, 0.3) is 10.9 Å². The summed E-state index contributed by atoms with van der Waals surface area (Å²) in [5.41, 5.74) is 4.25. The Morgan fingerprint density at radius 2 is 1.77 bits per heavy atom. The summed E-state index contributed by atoms with van der Waals surface area (Å²) in [6.45, 7) is 0. The van der Waals surface area contributed by atoms with Crippen molar-refractivity contribution in [3.63, 3.8) is 0 Å². The van der Waals surface area contributed by atoms with Gasteiger partial charge >= 0.3 is 0 Å². The summed E-state index contributed by atoms with van der Waals surface area (Å²) in [5.74, 6) is 0.0227. The smallest absolute Gasteiger partial charge is 0.224 e. The van der Waals surface area contributed by atoms with Crippen LogP contribution in [0.4, 0.5) is 11.4 Å². The number of hydrogen-bond acceptors (Lipinski definition) is 2. The molecule has 156 valence electrons. The zero-order valence-electron chi connectivity index (χ0n) is 18.1. The number of aryl methyl sites for hydroxylation is 1. The molecule has 0 bridgehead atoms. The molecule has 30 heavy (non-hydrogen) atoms. The molecule has 1 fully saturated rings. The number of fused-ring (bicyclic) bond motifs is 1. The number of hydrogen-bond donors (Lipinski definition) is 1. The highest BCUT2D eigenvalue weighted by Crippen LogP contribution is 2.31. The minimum Gasteiger partial charge on any atom is -0.325 e. The lowest BCUT2D eigenvalue weighted by Crippen LogP contribution is -2.50. The second kappa shape index (κ2) is 8.97. The molecule has 0 radical (unpaired) electrons. The van der Waals surface area contributed by atoms with E-state index in [-0.39, 0.29) is 5.91 Å². The predicted octanol–water partition coefficient (Wildman–Crippen LogP) is 5.71. The third-order valence-electron chi connectivity index (χ3n) is 6.60. The fourth-order valence-corrected chi connectivity index (χ4v) is 4.60. The van der Waals surface area contributed by atoms with Gasteiger partial charge in [-0.25, -0.2) is 0 Å². The summed E-state index contributed by atoms with van der Waals surface area (Å²) in [6.07, 6.45) is 9.65. The van der Waals surface area contributed by atoms with Crippen LogP contribution in [0.3, 0.4) is 0 Å². The van der Waals surface area contributed by atoms with Crippen LogP contribution in [0.5, 0.6) is 0 Å². The Bertz CT molecular complexity index is 1000. The highest BCUT2D eigenvalue weighted by atomic mass is 16.1. The van der Waals surface area contributed by atoms with Gasteiger partial charge in [-0.15, -0.1) is 0 Å². The quantitative estimate of drug-likeness (QED) is 0.537. The maximum Gasteiger partial charge on any atom is 0.224 e. The predicted molar refractivity (Wildman–Crippen MR) is 126 cm³/mol. The van der Waals surface area contributed by atoms with Crippen LogP contribution in [0.1, 0.15) is 44.1 Å². The molecular weight excluding hydrogens is 370 g/mol. The van der Waals surface area contributed by atoms with Crippen LogP contribution < -0.4 is 9.80 Å². The second-order valence-electron chi connectivity index (χ2n) is 8.96. The Morgan fingerprint density at radius 3 is 2.53 bits per heavy atom. The van der Waals surface area contributed by atoms with Gasteiger partial charge in [0.2, 0.25) is 5.91 Å². The first-order valence-corrected chi connectivity index (χ1v) is 11.1. The Labute approximate surface area is 179 Å². The molecule has 0 spiro atoms. The van der Waals surface area contributed by atoms with E-state index in [0.29, 0.717) is 12.5 Å². The van der Waals surface area contributed by atoms with Crippen LogP contribution >= 0.6 is 0 Å². The minimum absolute atomic E-state index is 0.0227. The van der Waals surface area contributed by atoms with Gasteiger partial charge in [0.15, 0.2) is 0 Å². The first-order chi connectivity index (χ1) is 14.5. The number of carbonyl (C=O) groups excluding carboxylic acids is 1. The lowest BCUT2D eigenvalue weighted by Gasteiger charge is -2.39. The van der Waals surface area contributed by atoms with E-state index in [9.17, 15) is 4.79 Å². The fourth-order valence-electron chi connectivity index (χ4n) is 4.60. The molecule has 1 amide bonds. The number of carbonyl (C=O) groups is 1. The molecule has 1 aliphatic carbocycles. The van der Waals surface area contributed by atoms with Gasteiger partial charge in [-0.3, -0.25) is 14.3 Å². The zero-order chi connectivity index (χ0) is 21.0. The van der Waals surface area contributed by atoms with Crippen molar-refractivity contribution in [1.29, 1.82) is 0 Å². The third-order valence-corrected chi connectivity index (χ3v) is 6.60. The van der Waals surface area contributed by atoms with Crippen molar-refractivity contribution >= 4 is 28.2 Å². The van der Waals surface area contributed by atoms with Crippen molar-refractivity contribution in [2.75, 3.05) is 19.4 Å². The molecule has 2 aromatic carbocycles. The van der Waals surface area contributed by atoms with Gasteiger partial charge in [0.25, 0.3) is 0 Å². The van der Waals surface area contributed by atoms with Gasteiger partial charge in [0, 0.05) is 11.8 Å². The fraction of sp³-hybridized carbons (Fsp3) is 0.385. The summed E-state index contributed by atoms with van der Waals surface area (Å²) < 4.78 is 0.954. The lowest BCUT2D eigenvalue weighted by molar-refractivity contribution is -0.116. The molecule has 1 N–H and O–H groups in total. The van der Waals surface area contributed by atoms with Crippen LogP contribution in [0.15, 0.2) is 60.8 Å². The molecule has 0 aliphatic heterocycles. The van der Waals surface area contributed by atoms with Crippen LogP contribution in [0.2, 0.25) is 0 Å². The van der Waals surface area contributed by atoms with Crippen molar-refractivity contribution in [1.82, 2.24) is 9.47 Å².